The van der Waals surface area contributed by atoms with Gasteiger partial charge in [-0.05, 0) is 32.4 Å². The number of hydrogen-bond donors (Lipinski definition) is 1. The third-order valence-electron chi connectivity index (χ3n) is 4.13. The predicted octanol–water partition coefficient (Wildman–Crippen LogP) is 0.309. The molecule has 0 radical (unpaired) electrons. The average Bonchev–Trinajstić information content (AvgIpc) is 2.45. The summed E-state index contributed by atoms with van der Waals surface area (Å²) in [5.74, 6) is 0.214. The van der Waals surface area contributed by atoms with Crippen LogP contribution in [-0.4, -0.2) is 74.2 Å². The molecule has 0 saturated carbocycles. The van der Waals surface area contributed by atoms with E-state index in [9.17, 15) is 4.79 Å². The van der Waals surface area contributed by atoms with Crippen LogP contribution in [0.3, 0.4) is 0 Å². The smallest absolute Gasteiger partial charge is 0.219 e. The summed E-state index contributed by atoms with van der Waals surface area (Å²) in [6.07, 6.45) is 3.39. The molecular formula is C14H27N3O2. The maximum absolute atomic E-state index is 11.2. The summed E-state index contributed by atoms with van der Waals surface area (Å²) in [6.45, 7) is 9.68. The number of morpholine rings is 1. The minimum absolute atomic E-state index is 0.214. The molecule has 2 aliphatic rings. The Hall–Kier alpha value is -0.650. The molecule has 0 aliphatic carbocycles. The van der Waals surface area contributed by atoms with Gasteiger partial charge in [0.05, 0.1) is 13.2 Å². The van der Waals surface area contributed by atoms with E-state index >= 15 is 0 Å². The molecule has 2 heterocycles. The number of ether oxygens (including phenoxy) is 1. The van der Waals surface area contributed by atoms with E-state index in [-0.39, 0.29) is 5.91 Å². The van der Waals surface area contributed by atoms with Crippen molar-refractivity contribution in [2.75, 3.05) is 52.5 Å². The van der Waals surface area contributed by atoms with Crippen molar-refractivity contribution in [2.24, 2.45) is 0 Å². The lowest BCUT2D eigenvalue weighted by molar-refractivity contribution is -0.129. The molecule has 19 heavy (non-hydrogen) atoms. The van der Waals surface area contributed by atoms with Gasteiger partial charge in [-0.3, -0.25) is 9.69 Å². The number of amides is 1. The molecule has 1 N–H and O–H groups in total. The zero-order valence-electron chi connectivity index (χ0n) is 12.1. The molecule has 5 nitrogen and oxygen atoms in total. The van der Waals surface area contributed by atoms with Gasteiger partial charge in [0.15, 0.2) is 0 Å². The molecule has 0 unspecified atom stereocenters. The fraction of sp³-hybridized carbons (Fsp3) is 0.929. The first-order chi connectivity index (χ1) is 9.25. The average molecular weight is 269 g/mol. The summed E-state index contributed by atoms with van der Waals surface area (Å²) in [4.78, 5) is 15.7. The number of piperidine rings is 1. The Balaban J connectivity index is 1.51. The second kappa shape index (κ2) is 7.82. The Labute approximate surface area is 116 Å². The van der Waals surface area contributed by atoms with E-state index in [0.29, 0.717) is 6.04 Å². The molecule has 0 aromatic carbocycles. The SMILES string of the molecule is CC(=O)N1CCC(NCCCN2CCOCC2)CC1. The number of likely N-dealkylation sites (tertiary alicyclic amines) is 1. The highest BCUT2D eigenvalue weighted by molar-refractivity contribution is 5.73. The first-order valence-corrected chi connectivity index (χ1v) is 7.54. The Morgan fingerprint density at radius 2 is 1.89 bits per heavy atom. The number of carbonyl (C=O) groups is 1. The first-order valence-electron chi connectivity index (χ1n) is 7.54. The lowest BCUT2D eigenvalue weighted by atomic mass is 10.0. The summed E-state index contributed by atoms with van der Waals surface area (Å²) in [7, 11) is 0. The fourth-order valence-electron chi connectivity index (χ4n) is 2.83. The molecule has 110 valence electrons. The Morgan fingerprint density at radius 1 is 1.21 bits per heavy atom. The highest BCUT2D eigenvalue weighted by Gasteiger charge is 2.19. The van der Waals surface area contributed by atoms with Crippen molar-refractivity contribution in [2.45, 2.75) is 32.2 Å². The molecule has 0 atom stereocenters. The Kier molecular flexibility index (Phi) is 6.07. The maximum atomic E-state index is 11.2. The zero-order chi connectivity index (χ0) is 13.5. The number of nitrogens with zero attached hydrogens (tertiary/aromatic N) is 2. The van der Waals surface area contributed by atoms with Crippen LogP contribution in [0.1, 0.15) is 26.2 Å². The van der Waals surface area contributed by atoms with Gasteiger partial charge in [0, 0.05) is 39.1 Å². The quantitative estimate of drug-likeness (QED) is 0.730. The standard InChI is InChI=1S/C14H27N3O2/c1-13(18)17-7-3-14(4-8-17)15-5-2-6-16-9-11-19-12-10-16/h14-15H,2-12H2,1H3. The summed E-state index contributed by atoms with van der Waals surface area (Å²) in [5.41, 5.74) is 0. The molecule has 2 fully saturated rings. The van der Waals surface area contributed by atoms with E-state index in [2.05, 4.69) is 10.2 Å². The van der Waals surface area contributed by atoms with Crippen LogP contribution in [0.15, 0.2) is 0 Å². The van der Waals surface area contributed by atoms with E-state index in [4.69, 9.17) is 4.74 Å². The normalized spacial score (nSPS) is 22.7. The van der Waals surface area contributed by atoms with Gasteiger partial charge in [0.1, 0.15) is 0 Å². The van der Waals surface area contributed by atoms with Crippen LogP contribution in [0.25, 0.3) is 0 Å². The zero-order valence-corrected chi connectivity index (χ0v) is 12.1. The van der Waals surface area contributed by atoms with E-state index < -0.39 is 0 Å². The van der Waals surface area contributed by atoms with Gasteiger partial charge < -0.3 is 15.0 Å². The summed E-state index contributed by atoms with van der Waals surface area (Å²) < 4.78 is 5.34. The van der Waals surface area contributed by atoms with Crippen LogP contribution in [-0.2, 0) is 9.53 Å². The van der Waals surface area contributed by atoms with Gasteiger partial charge in [0.25, 0.3) is 0 Å². The molecular weight excluding hydrogens is 242 g/mol. The number of carbonyl (C=O) groups excluding carboxylic acids is 1. The van der Waals surface area contributed by atoms with Gasteiger partial charge in [-0.1, -0.05) is 0 Å². The monoisotopic (exact) mass is 269 g/mol. The summed E-state index contributed by atoms with van der Waals surface area (Å²) >= 11 is 0. The molecule has 0 aromatic rings. The van der Waals surface area contributed by atoms with Crippen molar-refractivity contribution >= 4 is 5.91 Å². The van der Waals surface area contributed by atoms with E-state index in [1.807, 2.05) is 4.90 Å². The van der Waals surface area contributed by atoms with E-state index in [1.54, 1.807) is 6.92 Å². The van der Waals surface area contributed by atoms with Crippen molar-refractivity contribution in [1.29, 1.82) is 0 Å². The third kappa shape index (κ3) is 5.09. The van der Waals surface area contributed by atoms with Crippen LogP contribution < -0.4 is 5.32 Å². The van der Waals surface area contributed by atoms with E-state index in [0.717, 1.165) is 58.8 Å². The van der Waals surface area contributed by atoms with Crippen LogP contribution >= 0.6 is 0 Å². The molecule has 0 bridgehead atoms. The van der Waals surface area contributed by atoms with Gasteiger partial charge in [0.2, 0.25) is 5.91 Å². The topological polar surface area (TPSA) is 44.8 Å². The predicted molar refractivity (Wildman–Crippen MR) is 75.2 cm³/mol. The first kappa shape index (κ1) is 14.8. The molecule has 5 heteroatoms. The number of rotatable bonds is 5. The van der Waals surface area contributed by atoms with Crippen LogP contribution in [0, 0.1) is 0 Å². The van der Waals surface area contributed by atoms with Crippen LogP contribution in [0.4, 0.5) is 0 Å². The van der Waals surface area contributed by atoms with Gasteiger partial charge in [-0.15, -0.1) is 0 Å². The van der Waals surface area contributed by atoms with Crippen molar-refractivity contribution in [3.05, 3.63) is 0 Å². The van der Waals surface area contributed by atoms with E-state index in [1.165, 1.54) is 13.0 Å². The molecule has 2 rings (SSSR count). The van der Waals surface area contributed by atoms with Crippen molar-refractivity contribution in [3.8, 4) is 0 Å². The fourth-order valence-corrected chi connectivity index (χ4v) is 2.83. The van der Waals surface area contributed by atoms with Crippen molar-refractivity contribution in [3.63, 3.8) is 0 Å². The molecule has 0 aromatic heterocycles. The van der Waals surface area contributed by atoms with Gasteiger partial charge in [-0.25, -0.2) is 0 Å². The molecule has 0 spiro atoms. The highest BCUT2D eigenvalue weighted by Crippen LogP contribution is 2.10. The minimum atomic E-state index is 0.214. The summed E-state index contributed by atoms with van der Waals surface area (Å²) in [5, 5.41) is 3.62. The lowest BCUT2D eigenvalue weighted by Gasteiger charge is -2.32. The molecule has 2 aliphatic heterocycles. The third-order valence-corrected chi connectivity index (χ3v) is 4.13. The molecule has 1 amide bonds. The highest BCUT2D eigenvalue weighted by atomic mass is 16.5. The van der Waals surface area contributed by atoms with Crippen LogP contribution in [0.2, 0.25) is 0 Å². The van der Waals surface area contributed by atoms with Gasteiger partial charge >= 0.3 is 0 Å². The Morgan fingerprint density at radius 3 is 2.53 bits per heavy atom. The number of nitrogens with one attached hydrogen (secondary N) is 1. The van der Waals surface area contributed by atoms with Crippen molar-refractivity contribution in [1.82, 2.24) is 15.1 Å². The van der Waals surface area contributed by atoms with Crippen molar-refractivity contribution < 1.29 is 9.53 Å². The Bertz CT molecular complexity index is 272. The maximum Gasteiger partial charge on any atom is 0.219 e. The lowest BCUT2D eigenvalue weighted by Crippen LogP contribution is -2.45. The molecule has 2 saturated heterocycles. The second-order valence-electron chi connectivity index (χ2n) is 5.54. The summed E-state index contributed by atoms with van der Waals surface area (Å²) in [6, 6.07) is 0.597. The largest absolute Gasteiger partial charge is 0.379 e. The van der Waals surface area contributed by atoms with Crippen LogP contribution in [0.5, 0.6) is 0 Å². The second-order valence-corrected chi connectivity index (χ2v) is 5.54. The van der Waals surface area contributed by atoms with Gasteiger partial charge in [-0.2, -0.15) is 0 Å². The minimum Gasteiger partial charge on any atom is -0.379 e. The number of hydrogen-bond acceptors (Lipinski definition) is 4.